The van der Waals surface area contributed by atoms with Gasteiger partial charge in [0.15, 0.2) is 0 Å². The molecule has 5 nitrogen and oxygen atoms in total. The number of carbonyl (C=O) groups excluding carboxylic acids is 1. The average Bonchev–Trinajstić information content (AvgIpc) is 3.09. The van der Waals surface area contributed by atoms with E-state index in [4.69, 9.17) is 0 Å². The van der Waals surface area contributed by atoms with Crippen LogP contribution in [0.4, 0.5) is 24.8 Å². The summed E-state index contributed by atoms with van der Waals surface area (Å²) in [6, 6.07) is 4.83. The second-order valence-corrected chi connectivity index (χ2v) is 5.46. The predicted octanol–water partition coefficient (Wildman–Crippen LogP) is 3.35. The second kappa shape index (κ2) is 6.46. The first-order valence-corrected chi connectivity index (χ1v) is 7.50. The molecule has 0 unspecified atom stereocenters. The summed E-state index contributed by atoms with van der Waals surface area (Å²) in [4.78, 5) is 22.4. The monoisotopic (exact) mass is 336 g/mol. The minimum absolute atomic E-state index is 0.106. The van der Waals surface area contributed by atoms with Crippen LogP contribution in [-0.4, -0.2) is 29.0 Å². The number of nitrogens with one attached hydrogen (secondary N) is 1. The molecule has 0 atom stereocenters. The van der Waals surface area contributed by atoms with Crippen molar-refractivity contribution in [3.63, 3.8) is 0 Å². The van der Waals surface area contributed by atoms with Gasteiger partial charge in [-0.05, 0) is 25.0 Å². The molecular formula is C16H15F3N4O. The summed E-state index contributed by atoms with van der Waals surface area (Å²) >= 11 is 0. The lowest BCUT2D eigenvalue weighted by Crippen LogP contribution is -2.21. The molecule has 0 saturated carbocycles. The van der Waals surface area contributed by atoms with Crippen molar-refractivity contribution in [2.45, 2.75) is 19.0 Å². The molecular weight excluding hydrogens is 321 g/mol. The molecule has 8 heteroatoms. The van der Waals surface area contributed by atoms with E-state index >= 15 is 0 Å². The number of rotatable bonds is 3. The summed E-state index contributed by atoms with van der Waals surface area (Å²) in [5, 5.41) is 2.27. The Morgan fingerprint density at radius 2 is 1.71 bits per heavy atom. The fourth-order valence-electron chi connectivity index (χ4n) is 2.55. The van der Waals surface area contributed by atoms with Crippen LogP contribution in [0.2, 0.25) is 0 Å². The summed E-state index contributed by atoms with van der Waals surface area (Å²) < 4.78 is 38.8. The fraction of sp³-hybridized carbons (Fsp3) is 0.312. The molecule has 1 saturated heterocycles. The number of hydrogen-bond acceptors (Lipinski definition) is 4. The molecule has 126 valence electrons. The van der Waals surface area contributed by atoms with Crippen LogP contribution in [0, 0.1) is 0 Å². The summed E-state index contributed by atoms with van der Waals surface area (Å²) in [6.07, 6.45) is 0.248. The van der Waals surface area contributed by atoms with Crippen molar-refractivity contribution in [2.24, 2.45) is 0 Å². The topological polar surface area (TPSA) is 58.1 Å². The van der Waals surface area contributed by atoms with Crippen LogP contribution in [0.5, 0.6) is 0 Å². The number of anilines is 2. The Bertz CT molecular complexity index is 725. The highest BCUT2D eigenvalue weighted by atomic mass is 19.4. The molecule has 1 aromatic heterocycles. The number of amides is 1. The summed E-state index contributed by atoms with van der Waals surface area (Å²) in [5.74, 6) is -0.153. The summed E-state index contributed by atoms with van der Waals surface area (Å²) in [5.41, 5.74) is -1.08. The van der Waals surface area contributed by atoms with Crippen molar-refractivity contribution < 1.29 is 18.0 Å². The second-order valence-electron chi connectivity index (χ2n) is 5.46. The van der Waals surface area contributed by atoms with Gasteiger partial charge < -0.3 is 10.2 Å². The van der Waals surface area contributed by atoms with E-state index in [2.05, 4.69) is 15.3 Å². The molecule has 1 fully saturated rings. The Hall–Kier alpha value is -2.64. The van der Waals surface area contributed by atoms with Crippen LogP contribution < -0.4 is 10.2 Å². The van der Waals surface area contributed by atoms with Crippen LogP contribution in [0.25, 0.3) is 0 Å². The normalized spacial score (nSPS) is 14.7. The first-order chi connectivity index (χ1) is 11.4. The lowest BCUT2D eigenvalue weighted by Gasteiger charge is -2.15. The predicted molar refractivity (Wildman–Crippen MR) is 82.9 cm³/mol. The van der Waals surface area contributed by atoms with Gasteiger partial charge in [-0.1, -0.05) is 12.1 Å². The quantitative estimate of drug-likeness (QED) is 0.934. The molecule has 1 aliphatic rings. The highest BCUT2D eigenvalue weighted by Crippen LogP contribution is 2.34. The minimum atomic E-state index is -4.54. The van der Waals surface area contributed by atoms with Crippen LogP contribution in [0.3, 0.4) is 0 Å². The van der Waals surface area contributed by atoms with Gasteiger partial charge in [0.05, 0.1) is 16.8 Å². The van der Waals surface area contributed by atoms with Gasteiger partial charge >= 0.3 is 6.18 Å². The first kappa shape index (κ1) is 16.2. The Kier molecular flexibility index (Phi) is 4.37. The number of nitrogens with zero attached hydrogens (tertiary/aromatic N) is 3. The summed E-state index contributed by atoms with van der Waals surface area (Å²) in [6.45, 7) is 1.73. The van der Waals surface area contributed by atoms with Crippen molar-refractivity contribution in [1.29, 1.82) is 0 Å². The van der Waals surface area contributed by atoms with Gasteiger partial charge in [-0.3, -0.25) is 4.79 Å². The molecule has 0 radical (unpaired) electrons. The van der Waals surface area contributed by atoms with Gasteiger partial charge in [0.1, 0.15) is 0 Å². The standard InChI is InChI=1S/C16H15F3N4O/c17-16(18,19)12-5-1-2-6-13(12)22-14(24)11-9-20-15(21-10-11)23-7-3-4-8-23/h1-2,5-6,9-10H,3-4,7-8H2,(H,22,24). The van der Waals surface area contributed by atoms with Crippen LogP contribution in [0.1, 0.15) is 28.8 Å². The van der Waals surface area contributed by atoms with Crippen molar-refractivity contribution in [1.82, 2.24) is 9.97 Å². The third-order valence-electron chi connectivity index (χ3n) is 3.77. The van der Waals surface area contributed by atoms with Gasteiger partial charge in [0.2, 0.25) is 5.95 Å². The number of hydrogen-bond donors (Lipinski definition) is 1. The maximum atomic E-state index is 12.9. The Labute approximate surface area is 136 Å². The van der Waals surface area contributed by atoms with E-state index in [1.807, 2.05) is 4.90 Å². The number of alkyl halides is 3. The Morgan fingerprint density at radius 1 is 1.08 bits per heavy atom. The Balaban J connectivity index is 1.76. The fourth-order valence-corrected chi connectivity index (χ4v) is 2.55. The highest BCUT2D eigenvalue weighted by molar-refractivity contribution is 6.04. The zero-order valence-electron chi connectivity index (χ0n) is 12.7. The van der Waals surface area contributed by atoms with Crippen LogP contribution in [0.15, 0.2) is 36.7 Å². The van der Waals surface area contributed by atoms with Crippen molar-refractivity contribution >= 4 is 17.5 Å². The molecule has 0 aliphatic carbocycles. The van der Waals surface area contributed by atoms with E-state index in [-0.39, 0.29) is 11.3 Å². The van der Waals surface area contributed by atoms with Gasteiger partial charge in [-0.2, -0.15) is 13.2 Å². The molecule has 1 amide bonds. The smallest absolute Gasteiger partial charge is 0.341 e. The van der Waals surface area contributed by atoms with E-state index in [1.165, 1.54) is 30.6 Å². The lowest BCUT2D eigenvalue weighted by molar-refractivity contribution is -0.136. The van der Waals surface area contributed by atoms with E-state index in [0.717, 1.165) is 32.0 Å². The zero-order chi connectivity index (χ0) is 17.2. The van der Waals surface area contributed by atoms with Gasteiger partial charge in [0, 0.05) is 25.5 Å². The molecule has 3 rings (SSSR count). The molecule has 0 bridgehead atoms. The maximum Gasteiger partial charge on any atom is 0.418 e. The number of aromatic nitrogens is 2. The molecule has 1 aliphatic heterocycles. The third-order valence-corrected chi connectivity index (χ3v) is 3.77. The lowest BCUT2D eigenvalue weighted by atomic mass is 10.1. The highest BCUT2D eigenvalue weighted by Gasteiger charge is 2.33. The molecule has 24 heavy (non-hydrogen) atoms. The number of halogens is 3. The van der Waals surface area contributed by atoms with Crippen molar-refractivity contribution in [3.8, 4) is 0 Å². The van der Waals surface area contributed by atoms with E-state index in [0.29, 0.717) is 5.95 Å². The number of para-hydroxylation sites is 1. The average molecular weight is 336 g/mol. The minimum Gasteiger partial charge on any atom is -0.341 e. The number of benzene rings is 1. The Morgan fingerprint density at radius 3 is 2.33 bits per heavy atom. The van der Waals surface area contributed by atoms with Crippen molar-refractivity contribution in [2.75, 3.05) is 23.3 Å². The van der Waals surface area contributed by atoms with E-state index in [9.17, 15) is 18.0 Å². The summed E-state index contributed by atoms with van der Waals surface area (Å²) in [7, 11) is 0. The molecule has 1 N–H and O–H groups in total. The van der Waals surface area contributed by atoms with Crippen LogP contribution >= 0.6 is 0 Å². The van der Waals surface area contributed by atoms with E-state index in [1.54, 1.807) is 0 Å². The van der Waals surface area contributed by atoms with Gasteiger partial charge in [0.25, 0.3) is 5.91 Å². The molecule has 2 heterocycles. The van der Waals surface area contributed by atoms with Gasteiger partial charge in [-0.15, -0.1) is 0 Å². The van der Waals surface area contributed by atoms with Gasteiger partial charge in [-0.25, -0.2) is 9.97 Å². The SMILES string of the molecule is O=C(Nc1ccccc1C(F)(F)F)c1cnc(N2CCCC2)nc1. The van der Waals surface area contributed by atoms with E-state index < -0.39 is 17.6 Å². The first-order valence-electron chi connectivity index (χ1n) is 7.50. The third kappa shape index (κ3) is 3.47. The van der Waals surface area contributed by atoms with Crippen molar-refractivity contribution in [3.05, 3.63) is 47.8 Å². The number of carbonyl (C=O) groups is 1. The maximum absolute atomic E-state index is 12.9. The zero-order valence-corrected chi connectivity index (χ0v) is 12.7. The molecule has 0 spiro atoms. The largest absolute Gasteiger partial charge is 0.418 e. The molecule has 2 aromatic rings. The molecule has 1 aromatic carbocycles. The van der Waals surface area contributed by atoms with Crippen LogP contribution in [-0.2, 0) is 6.18 Å².